The number of carboxylic acids is 4. The molecule has 0 radical (unpaired) electrons. The molecule has 14 nitrogen and oxygen atoms in total. The molecule has 224 valence electrons. The van der Waals surface area contributed by atoms with Crippen LogP contribution in [0, 0.1) is 0 Å². The Bertz CT molecular complexity index is 1300. The van der Waals surface area contributed by atoms with Crippen LogP contribution in [0.3, 0.4) is 0 Å². The Balaban J connectivity index is 2.01. The Labute approximate surface area is 246 Å². The maximum Gasteiger partial charge on any atom is 0.320 e. The topological polar surface area (TPSA) is 210 Å². The highest BCUT2D eigenvalue weighted by atomic mass is 32.1. The lowest BCUT2D eigenvalue weighted by Gasteiger charge is -2.27. The van der Waals surface area contributed by atoms with Crippen molar-refractivity contribution in [2.45, 2.75) is 38.4 Å². The number of isothiocyanates is 1. The normalized spacial score (nSPS) is 11.5. The summed E-state index contributed by atoms with van der Waals surface area (Å²) >= 11 is 4.54. The zero-order valence-electron chi connectivity index (χ0n) is 22.5. The van der Waals surface area contributed by atoms with Crippen LogP contribution < -0.4 is 5.32 Å². The standard InChI is InChI=1S/C27H31N5O9S/c33-23(34)14-31(15-24(35)36)12-20-4-3-5-21(30-20)13-32(16-25(37)38)22(27(40)41)6-1-2-11-28-26(39)18-7-9-19(10-8-18)29-17-42/h3-5,7-10,22H,1-2,6,11-16H2,(H,28,39)(H,33,34)(H,35,36)(H,37,38)(H,40,41). The molecule has 0 aliphatic carbocycles. The Morgan fingerprint density at radius 3 is 2.00 bits per heavy atom. The second kappa shape index (κ2) is 17.3. The van der Waals surface area contributed by atoms with Crippen molar-refractivity contribution in [1.29, 1.82) is 0 Å². The van der Waals surface area contributed by atoms with Gasteiger partial charge in [-0.05, 0) is 67.9 Å². The number of rotatable bonds is 19. The van der Waals surface area contributed by atoms with E-state index in [4.69, 9.17) is 10.2 Å². The monoisotopic (exact) mass is 601 g/mol. The van der Waals surface area contributed by atoms with Crippen molar-refractivity contribution < 1.29 is 44.4 Å². The summed E-state index contributed by atoms with van der Waals surface area (Å²) < 4.78 is 0. The largest absolute Gasteiger partial charge is 0.480 e. The third-order valence-corrected chi connectivity index (χ3v) is 5.98. The van der Waals surface area contributed by atoms with Crippen LogP contribution in [-0.2, 0) is 32.3 Å². The summed E-state index contributed by atoms with van der Waals surface area (Å²) in [6.45, 7) is -1.58. The number of amides is 1. The Hall–Kier alpha value is -4.56. The minimum absolute atomic E-state index is 0.0926. The van der Waals surface area contributed by atoms with Gasteiger partial charge >= 0.3 is 23.9 Å². The number of nitrogens with zero attached hydrogens (tertiary/aromatic N) is 4. The van der Waals surface area contributed by atoms with E-state index in [0.717, 1.165) is 4.90 Å². The van der Waals surface area contributed by atoms with Crippen molar-refractivity contribution in [3.63, 3.8) is 0 Å². The second-order valence-electron chi connectivity index (χ2n) is 9.21. The lowest BCUT2D eigenvalue weighted by Crippen LogP contribution is -2.43. The Morgan fingerprint density at radius 1 is 0.857 bits per heavy atom. The highest BCUT2D eigenvalue weighted by Gasteiger charge is 2.27. The summed E-state index contributed by atoms with van der Waals surface area (Å²) in [5.41, 5.74) is 1.65. The number of nitrogens with one attached hydrogen (secondary N) is 1. The van der Waals surface area contributed by atoms with Gasteiger partial charge in [0.05, 0.1) is 41.9 Å². The van der Waals surface area contributed by atoms with Crippen molar-refractivity contribution in [2.75, 3.05) is 26.2 Å². The quantitative estimate of drug-likeness (QED) is 0.0883. The van der Waals surface area contributed by atoms with Gasteiger partial charge in [0, 0.05) is 25.2 Å². The van der Waals surface area contributed by atoms with Crippen molar-refractivity contribution in [3.05, 3.63) is 59.4 Å². The van der Waals surface area contributed by atoms with Crippen LogP contribution in [0.4, 0.5) is 5.69 Å². The van der Waals surface area contributed by atoms with Gasteiger partial charge in [0.1, 0.15) is 6.04 Å². The number of unbranched alkanes of at least 4 members (excludes halogenated alkanes) is 1. The summed E-state index contributed by atoms with van der Waals surface area (Å²) in [5, 5.41) is 42.4. The van der Waals surface area contributed by atoms with E-state index in [1.807, 2.05) is 0 Å². The number of carboxylic acid groups (broad SMARTS) is 4. The summed E-state index contributed by atoms with van der Waals surface area (Å²) in [5.74, 6) is -5.19. The van der Waals surface area contributed by atoms with Crippen molar-refractivity contribution in [2.24, 2.45) is 4.99 Å². The van der Waals surface area contributed by atoms with E-state index in [0.29, 0.717) is 35.5 Å². The van der Waals surface area contributed by atoms with E-state index < -0.39 is 49.6 Å². The third kappa shape index (κ3) is 12.3. The molecule has 1 aromatic heterocycles. The molecule has 2 rings (SSSR count). The lowest BCUT2D eigenvalue weighted by atomic mass is 10.1. The van der Waals surface area contributed by atoms with E-state index in [9.17, 15) is 34.2 Å². The molecule has 5 N–H and O–H groups in total. The number of aliphatic imine (C=N–C) groups is 1. The van der Waals surface area contributed by atoms with Crippen LogP contribution in [-0.4, -0.2) is 102 Å². The Kier molecular flexibility index (Phi) is 13.9. The van der Waals surface area contributed by atoms with Gasteiger partial charge in [-0.2, -0.15) is 4.99 Å². The van der Waals surface area contributed by atoms with Gasteiger partial charge < -0.3 is 25.7 Å². The third-order valence-electron chi connectivity index (χ3n) is 5.89. The minimum atomic E-state index is -1.24. The molecule has 0 saturated heterocycles. The molecule has 0 aliphatic rings. The first-order chi connectivity index (χ1) is 20.0. The molecule has 1 unspecified atom stereocenters. The number of hydrogen-bond donors (Lipinski definition) is 5. The first kappa shape index (κ1) is 33.6. The summed E-state index contributed by atoms with van der Waals surface area (Å²) in [6, 6.07) is 9.98. The van der Waals surface area contributed by atoms with Gasteiger partial charge in [-0.1, -0.05) is 6.07 Å². The number of pyridine rings is 1. The number of aromatic nitrogens is 1. The molecule has 0 bridgehead atoms. The fourth-order valence-electron chi connectivity index (χ4n) is 4.11. The molecule has 0 spiro atoms. The zero-order valence-corrected chi connectivity index (χ0v) is 23.3. The summed E-state index contributed by atoms with van der Waals surface area (Å²) in [4.78, 5) is 68.8. The fraction of sp³-hybridized carbons (Fsp3) is 0.370. The highest BCUT2D eigenvalue weighted by molar-refractivity contribution is 7.78. The first-order valence-corrected chi connectivity index (χ1v) is 13.1. The van der Waals surface area contributed by atoms with Crippen molar-refractivity contribution in [3.8, 4) is 0 Å². The van der Waals surface area contributed by atoms with Gasteiger partial charge in [-0.3, -0.25) is 38.8 Å². The van der Waals surface area contributed by atoms with Crippen LogP contribution in [0.5, 0.6) is 0 Å². The van der Waals surface area contributed by atoms with E-state index in [1.165, 1.54) is 4.90 Å². The molecule has 1 amide bonds. The molecule has 1 heterocycles. The van der Waals surface area contributed by atoms with Gasteiger partial charge in [-0.25, -0.2) is 0 Å². The predicted molar refractivity (Wildman–Crippen MR) is 152 cm³/mol. The number of aliphatic carboxylic acids is 4. The summed E-state index contributed by atoms with van der Waals surface area (Å²) in [7, 11) is 0. The molecule has 15 heteroatoms. The maximum atomic E-state index is 12.3. The van der Waals surface area contributed by atoms with Gasteiger partial charge in [0.15, 0.2) is 0 Å². The first-order valence-electron chi connectivity index (χ1n) is 12.7. The molecular formula is C27H31N5O9S. The van der Waals surface area contributed by atoms with E-state index in [2.05, 4.69) is 32.7 Å². The number of carbonyl (C=O) groups excluding carboxylic acids is 1. The van der Waals surface area contributed by atoms with Crippen LogP contribution in [0.15, 0.2) is 47.5 Å². The highest BCUT2D eigenvalue weighted by Crippen LogP contribution is 2.15. The van der Waals surface area contributed by atoms with Crippen LogP contribution in [0.1, 0.15) is 41.0 Å². The van der Waals surface area contributed by atoms with Crippen LogP contribution in [0.25, 0.3) is 0 Å². The SMILES string of the molecule is O=C(O)CN(CC(=O)O)Cc1cccc(CN(CC(=O)O)C(CCCCNC(=O)c2ccc(N=C=S)cc2)C(=O)O)n1. The molecule has 0 fully saturated rings. The molecule has 0 saturated carbocycles. The lowest BCUT2D eigenvalue weighted by molar-refractivity contribution is -0.147. The average Bonchev–Trinajstić information content (AvgIpc) is 2.90. The van der Waals surface area contributed by atoms with E-state index in [-0.39, 0.29) is 32.0 Å². The van der Waals surface area contributed by atoms with E-state index >= 15 is 0 Å². The van der Waals surface area contributed by atoms with Crippen LogP contribution >= 0.6 is 12.2 Å². The van der Waals surface area contributed by atoms with Crippen LogP contribution in [0.2, 0.25) is 0 Å². The van der Waals surface area contributed by atoms with Gasteiger partial charge in [0.25, 0.3) is 5.91 Å². The molecule has 1 aromatic carbocycles. The average molecular weight is 602 g/mol. The smallest absolute Gasteiger partial charge is 0.320 e. The molecule has 42 heavy (non-hydrogen) atoms. The van der Waals surface area contributed by atoms with Gasteiger partial charge in [0.2, 0.25) is 0 Å². The van der Waals surface area contributed by atoms with Gasteiger partial charge in [-0.15, -0.1) is 0 Å². The predicted octanol–water partition coefficient (Wildman–Crippen LogP) is 1.73. The number of thiocarbonyl (C=S) groups is 1. The second-order valence-corrected chi connectivity index (χ2v) is 9.39. The molecular weight excluding hydrogens is 570 g/mol. The number of carbonyl (C=O) groups is 5. The van der Waals surface area contributed by atoms with E-state index in [1.54, 1.807) is 42.5 Å². The molecule has 2 aromatic rings. The number of hydrogen-bond acceptors (Lipinski definition) is 10. The molecule has 1 atom stereocenters. The number of benzene rings is 1. The minimum Gasteiger partial charge on any atom is -0.480 e. The summed E-state index contributed by atoms with van der Waals surface area (Å²) in [6.07, 6.45) is 0.927. The van der Waals surface area contributed by atoms with Crippen molar-refractivity contribution in [1.82, 2.24) is 20.1 Å². The fourth-order valence-corrected chi connectivity index (χ4v) is 4.22. The Morgan fingerprint density at radius 2 is 1.45 bits per heavy atom. The zero-order chi connectivity index (χ0) is 31.1. The van der Waals surface area contributed by atoms with Crippen molar-refractivity contribution >= 4 is 52.9 Å². The maximum absolute atomic E-state index is 12.3. The molecule has 0 aliphatic heterocycles.